The zero-order valence-electron chi connectivity index (χ0n) is 12.5. The smallest absolute Gasteiger partial charge is 0.282 e. The summed E-state index contributed by atoms with van der Waals surface area (Å²) >= 11 is 0. The number of hydrogen-bond acceptors (Lipinski definition) is 7. The Bertz CT molecular complexity index is 979. The van der Waals surface area contributed by atoms with Gasteiger partial charge < -0.3 is 4.52 Å². The number of sulfone groups is 1. The molecule has 3 rings (SSSR count). The summed E-state index contributed by atoms with van der Waals surface area (Å²) in [6, 6.07) is 5.78. The summed E-state index contributed by atoms with van der Waals surface area (Å²) in [6.45, 7) is 0. The van der Waals surface area contributed by atoms with Crippen LogP contribution in [-0.4, -0.2) is 39.8 Å². The first kappa shape index (κ1) is 16.2. The van der Waals surface area contributed by atoms with E-state index in [9.17, 15) is 17.2 Å². The minimum atomic E-state index is -3.32. The highest BCUT2D eigenvalue weighted by molar-refractivity contribution is 7.90. The monoisotopic (exact) mass is 355 g/mol. The van der Waals surface area contributed by atoms with Gasteiger partial charge in [0.2, 0.25) is 5.82 Å². The fourth-order valence-electron chi connectivity index (χ4n) is 2.05. The molecule has 0 saturated carbocycles. The number of nitrogens with zero attached hydrogens (tertiary/aromatic N) is 5. The molecule has 0 fully saturated rings. The molecule has 0 radical (unpaired) electrons. The van der Waals surface area contributed by atoms with Crippen LogP contribution in [0.5, 0.6) is 0 Å². The summed E-state index contributed by atoms with van der Waals surface area (Å²) in [5.74, 6) is -0.0727. The predicted molar refractivity (Wildman–Crippen MR) is 77.8 cm³/mol. The normalized spacial score (nSPS) is 12.0. The van der Waals surface area contributed by atoms with Gasteiger partial charge in [-0.05, 0) is 24.3 Å². The van der Waals surface area contributed by atoms with Crippen LogP contribution in [0.15, 0.2) is 33.7 Å². The highest BCUT2D eigenvalue weighted by Crippen LogP contribution is 2.29. The van der Waals surface area contributed by atoms with E-state index in [4.69, 9.17) is 4.52 Å². The molecule has 0 spiro atoms. The van der Waals surface area contributed by atoms with E-state index in [1.165, 1.54) is 31.3 Å². The van der Waals surface area contributed by atoms with Crippen LogP contribution in [0.3, 0.4) is 0 Å². The number of alkyl halides is 2. The molecule has 2 heterocycles. The highest BCUT2D eigenvalue weighted by atomic mass is 32.2. The third kappa shape index (κ3) is 2.89. The summed E-state index contributed by atoms with van der Waals surface area (Å²) in [5, 5.41) is 10.9. The van der Waals surface area contributed by atoms with Gasteiger partial charge in [0.25, 0.3) is 12.3 Å². The van der Waals surface area contributed by atoms with Gasteiger partial charge in [-0.25, -0.2) is 21.9 Å². The summed E-state index contributed by atoms with van der Waals surface area (Å²) < 4.78 is 54.9. The van der Waals surface area contributed by atoms with Crippen molar-refractivity contribution in [3.05, 3.63) is 30.0 Å². The van der Waals surface area contributed by atoms with Gasteiger partial charge in [0.1, 0.15) is 5.69 Å². The lowest BCUT2D eigenvalue weighted by Crippen LogP contribution is -1.99. The second kappa shape index (κ2) is 5.74. The fraction of sp³-hybridized carbons (Fsp3) is 0.231. The Balaban J connectivity index is 1.97. The van der Waals surface area contributed by atoms with Gasteiger partial charge in [0.15, 0.2) is 15.5 Å². The summed E-state index contributed by atoms with van der Waals surface area (Å²) in [4.78, 5) is 4.17. The molecule has 126 valence electrons. The number of hydrogen-bond donors (Lipinski definition) is 0. The molecule has 0 aliphatic heterocycles. The quantitative estimate of drug-likeness (QED) is 0.703. The fourth-order valence-corrected chi connectivity index (χ4v) is 2.68. The molecule has 0 unspecified atom stereocenters. The standard InChI is InChI=1S/C13H11F2N5O3S/c1-20-10(11(14)15)9(17-19-20)13-16-12(18-23-13)7-3-5-8(6-4-7)24(2,21)22/h3-6,11H,1-2H3. The van der Waals surface area contributed by atoms with E-state index in [-0.39, 0.29) is 22.3 Å². The van der Waals surface area contributed by atoms with E-state index in [1.54, 1.807) is 0 Å². The molecule has 11 heteroatoms. The summed E-state index contributed by atoms with van der Waals surface area (Å²) in [5.41, 5.74) is -0.156. The molecular formula is C13H11F2N5O3S. The Labute approximate surface area is 135 Å². The van der Waals surface area contributed by atoms with E-state index >= 15 is 0 Å². The van der Waals surface area contributed by atoms with Crippen LogP contribution in [0.1, 0.15) is 12.1 Å². The van der Waals surface area contributed by atoms with Crippen LogP contribution in [0.4, 0.5) is 8.78 Å². The van der Waals surface area contributed by atoms with Gasteiger partial charge in [-0.3, -0.25) is 0 Å². The molecule has 3 aromatic rings. The number of benzene rings is 1. The van der Waals surface area contributed by atoms with E-state index in [0.717, 1.165) is 10.9 Å². The van der Waals surface area contributed by atoms with Gasteiger partial charge in [0, 0.05) is 18.9 Å². The van der Waals surface area contributed by atoms with Crippen molar-refractivity contribution in [1.29, 1.82) is 0 Å². The minimum Gasteiger partial charge on any atom is -0.332 e. The Morgan fingerprint density at radius 2 is 1.88 bits per heavy atom. The van der Waals surface area contributed by atoms with E-state index in [1.807, 2.05) is 0 Å². The van der Waals surface area contributed by atoms with Gasteiger partial charge in [-0.15, -0.1) is 5.10 Å². The second-order valence-electron chi connectivity index (χ2n) is 4.97. The SMILES string of the molecule is Cn1nnc(-c2nc(-c3ccc(S(C)(=O)=O)cc3)no2)c1C(F)F. The molecule has 0 aliphatic carbocycles. The van der Waals surface area contributed by atoms with E-state index < -0.39 is 22.0 Å². The number of aromatic nitrogens is 5. The lowest BCUT2D eigenvalue weighted by Gasteiger charge is -1.99. The van der Waals surface area contributed by atoms with Crippen molar-refractivity contribution in [3.63, 3.8) is 0 Å². The zero-order chi connectivity index (χ0) is 17.5. The van der Waals surface area contributed by atoms with Crippen LogP contribution in [-0.2, 0) is 16.9 Å². The number of halogens is 2. The maximum absolute atomic E-state index is 13.0. The van der Waals surface area contributed by atoms with Crippen molar-refractivity contribution in [3.8, 4) is 23.0 Å². The molecule has 8 nitrogen and oxygen atoms in total. The molecule has 0 N–H and O–H groups in total. The third-order valence-corrected chi connectivity index (χ3v) is 4.37. The van der Waals surface area contributed by atoms with E-state index in [0.29, 0.717) is 5.56 Å². The molecule has 0 aliphatic rings. The highest BCUT2D eigenvalue weighted by Gasteiger charge is 2.25. The van der Waals surface area contributed by atoms with Crippen molar-refractivity contribution in [2.45, 2.75) is 11.3 Å². The van der Waals surface area contributed by atoms with Crippen LogP contribution >= 0.6 is 0 Å². The molecule has 24 heavy (non-hydrogen) atoms. The zero-order valence-corrected chi connectivity index (χ0v) is 13.3. The molecule has 0 saturated heterocycles. The summed E-state index contributed by atoms with van der Waals surface area (Å²) in [7, 11) is -1.99. The van der Waals surface area contributed by atoms with Crippen molar-refractivity contribution in [2.24, 2.45) is 7.05 Å². The number of aryl methyl sites for hydroxylation is 1. The van der Waals surface area contributed by atoms with Gasteiger partial charge in [0.05, 0.1) is 4.90 Å². The predicted octanol–water partition coefficient (Wildman–Crippen LogP) is 1.87. The molecule has 0 atom stereocenters. The second-order valence-corrected chi connectivity index (χ2v) is 6.98. The van der Waals surface area contributed by atoms with Crippen molar-refractivity contribution >= 4 is 9.84 Å². The van der Waals surface area contributed by atoms with Crippen molar-refractivity contribution < 1.29 is 21.7 Å². The maximum Gasteiger partial charge on any atom is 0.282 e. The van der Waals surface area contributed by atoms with Crippen LogP contribution in [0.2, 0.25) is 0 Å². The topological polar surface area (TPSA) is 104 Å². The van der Waals surface area contributed by atoms with Crippen LogP contribution in [0.25, 0.3) is 23.0 Å². The van der Waals surface area contributed by atoms with Gasteiger partial charge in [-0.2, -0.15) is 4.98 Å². The van der Waals surface area contributed by atoms with Crippen molar-refractivity contribution in [2.75, 3.05) is 6.26 Å². The Morgan fingerprint density at radius 3 is 2.46 bits per heavy atom. The third-order valence-electron chi connectivity index (χ3n) is 3.25. The maximum atomic E-state index is 13.0. The average Bonchev–Trinajstić information content (AvgIpc) is 3.12. The first-order valence-electron chi connectivity index (χ1n) is 6.59. The van der Waals surface area contributed by atoms with Crippen LogP contribution in [0, 0.1) is 0 Å². The van der Waals surface area contributed by atoms with Crippen LogP contribution < -0.4 is 0 Å². The Hall–Kier alpha value is -2.69. The Kier molecular flexibility index (Phi) is 3.87. The average molecular weight is 355 g/mol. The molecule has 0 amide bonds. The number of rotatable bonds is 4. The van der Waals surface area contributed by atoms with Gasteiger partial charge in [-0.1, -0.05) is 10.4 Å². The molecule has 2 aromatic heterocycles. The van der Waals surface area contributed by atoms with E-state index in [2.05, 4.69) is 20.5 Å². The first-order chi connectivity index (χ1) is 11.3. The summed E-state index contributed by atoms with van der Waals surface area (Å²) in [6.07, 6.45) is -1.71. The lowest BCUT2D eigenvalue weighted by atomic mass is 10.2. The first-order valence-corrected chi connectivity index (χ1v) is 8.49. The minimum absolute atomic E-state index is 0.121. The lowest BCUT2D eigenvalue weighted by molar-refractivity contribution is 0.141. The van der Waals surface area contributed by atoms with Crippen molar-refractivity contribution in [1.82, 2.24) is 25.1 Å². The molecule has 0 bridgehead atoms. The molecule has 1 aromatic carbocycles. The molecular weight excluding hydrogens is 344 g/mol. The van der Waals surface area contributed by atoms with Gasteiger partial charge >= 0.3 is 0 Å². The largest absolute Gasteiger partial charge is 0.332 e. The Morgan fingerprint density at radius 1 is 1.21 bits per heavy atom.